The zero-order valence-corrected chi connectivity index (χ0v) is 12.8. The molecule has 2 fully saturated rings. The van der Waals surface area contributed by atoms with Gasteiger partial charge in [0.2, 0.25) is 11.8 Å². The highest BCUT2D eigenvalue weighted by atomic mass is 16.5. The minimum atomic E-state index is -0.673. The summed E-state index contributed by atoms with van der Waals surface area (Å²) in [7, 11) is 0. The van der Waals surface area contributed by atoms with E-state index < -0.39 is 11.0 Å². The molecule has 6 nitrogen and oxygen atoms in total. The average Bonchev–Trinajstić information content (AvgIpc) is 2.45. The standard InChI is InChI=1S/C15H27N3O3/c1-14(17)5-3-2-4-11(14)12(19)18-10-15(13(16)20)6-8-21-9-7-15/h11H,2-10,17H2,1H3,(H2,16,20)(H,18,19). The van der Waals surface area contributed by atoms with Crippen LogP contribution in [0.5, 0.6) is 0 Å². The number of carbonyl (C=O) groups excluding carboxylic acids is 2. The molecule has 0 aromatic rings. The molecule has 6 heteroatoms. The molecule has 1 aliphatic carbocycles. The summed E-state index contributed by atoms with van der Waals surface area (Å²) in [6, 6.07) is 0. The summed E-state index contributed by atoms with van der Waals surface area (Å²) in [5.74, 6) is -0.590. The second-order valence-corrected chi connectivity index (χ2v) is 6.78. The lowest BCUT2D eigenvalue weighted by atomic mass is 9.73. The van der Waals surface area contributed by atoms with E-state index in [4.69, 9.17) is 16.2 Å². The highest BCUT2D eigenvalue weighted by Crippen LogP contribution is 2.33. The van der Waals surface area contributed by atoms with Gasteiger partial charge in [0.15, 0.2) is 0 Å². The van der Waals surface area contributed by atoms with E-state index in [9.17, 15) is 9.59 Å². The highest BCUT2D eigenvalue weighted by molar-refractivity contribution is 5.84. The van der Waals surface area contributed by atoms with Gasteiger partial charge in [-0.15, -0.1) is 0 Å². The first-order valence-corrected chi connectivity index (χ1v) is 7.82. The van der Waals surface area contributed by atoms with Crippen LogP contribution in [-0.2, 0) is 14.3 Å². The second-order valence-electron chi connectivity index (χ2n) is 6.78. The van der Waals surface area contributed by atoms with Crippen molar-refractivity contribution in [3.05, 3.63) is 0 Å². The molecule has 0 aromatic carbocycles. The smallest absolute Gasteiger partial charge is 0.225 e. The van der Waals surface area contributed by atoms with Crippen molar-refractivity contribution < 1.29 is 14.3 Å². The first-order chi connectivity index (χ1) is 9.87. The molecule has 120 valence electrons. The van der Waals surface area contributed by atoms with Crippen LogP contribution in [0, 0.1) is 11.3 Å². The van der Waals surface area contributed by atoms with Gasteiger partial charge in [0.1, 0.15) is 0 Å². The lowest BCUT2D eigenvalue weighted by Crippen LogP contribution is -2.55. The van der Waals surface area contributed by atoms with Gasteiger partial charge in [-0.1, -0.05) is 12.8 Å². The number of nitrogens with two attached hydrogens (primary N) is 2. The van der Waals surface area contributed by atoms with Crippen LogP contribution < -0.4 is 16.8 Å². The fraction of sp³-hybridized carbons (Fsp3) is 0.867. The Labute approximate surface area is 126 Å². The second kappa shape index (κ2) is 6.32. The van der Waals surface area contributed by atoms with Gasteiger partial charge in [-0.05, 0) is 32.6 Å². The Balaban J connectivity index is 1.97. The zero-order valence-electron chi connectivity index (χ0n) is 12.8. The lowest BCUT2D eigenvalue weighted by Gasteiger charge is -2.39. The van der Waals surface area contributed by atoms with Crippen molar-refractivity contribution in [1.82, 2.24) is 5.32 Å². The highest BCUT2D eigenvalue weighted by Gasteiger charge is 2.41. The van der Waals surface area contributed by atoms with Crippen molar-refractivity contribution in [1.29, 1.82) is 0 Å². The molecule has 1 saturated carbocycles. The quantitative estimate of drug-likeness (QED) is 0.693. The third kappa shape index (κ3) is 3.55. The van der Waals surface area contributed by atoms with Crippen molar-refractivity contribution in [2.45, 2.75) is 51.0 Å². The number of ether oxygens (including phenoxy) is 1. The van der Waals surface area contributed by atoms with Crippen molar-refractivity contribution in [2.75, 3.05) is 19.8 Å². The van der Waals surface area contributed by atoms with Crippen LogP contribution in [0.3, 0.4) is 0 Å². The van der Waals surface area contributed by atoms with Gasteiger partial charge >= 0.3 is 0 Å². The topological polar surface area (TPSA) is 107 Å². The maximum atomic E-state index is 12.4. The summed E-state index contributed by atoms with van der Waals surface area (Å²) in [5, 5.41) is 2.92. The monoisotopic (exact) mass is 297 g/mol. The van der Waals surface area contributed by atoms with E-state index >= 15 is 0 Å². The largest absolute Gasteiger partial charge is 0.381 e. The number of primary amides is 1. The Kier molecular flexibility index (Phi) is 4.88. The summed E-state index contributed by atoms with van der Waals surface area (Å²) < 4.78 is 5.29. The Hall–Kier alpha value is -1.14. The fourth-order valence-corrected chi connectivity index (χ4v) is 3.44. The van der Waals surface area contributed by atoms with E-state index in [0.717, 1.165) is 25.7 Å². The average molecular weight is 297 g/mol. The van der Waals surface area contributed by atoms with Crippen LogP contribution in [0.15, 0.2) is 0 Å². The van der Waals surface area contributed by atoms with E-state index in [1.807, 2.05) is 6.92 Å². The molecule has 1 aliphatic heterocycles. The van der Waals surface area contributed by atoms with Gasteiger partial charge < -0.3 is 21.5 Å². The van der Waals surface area contributed by atoms with Gasteiger partial charge in [-0.25, -0.2) is 0 Å². The predicted molar refractivity (Wildman–Crippen MR) is 79.2 cm³/mol. The van der Waals surface area contributed by atoms with Crippen LogP contribution in [0.4, 0.5) is 0 Å². The maximum Gasteiger partial charge on any atom is 0.225 e. The van der Waals surface area contributed by atoms with E-state index in [-0.39, 0.29) is 24.3 Å². The Morgan fingerprint density at radius 2 is 1.90 bits per heavy atom. The molecule has 0 spiro atoms. The van der Waals surface area contributed by atoms with Crippen LogP contribution in [-0.4, -0.2) is 37.1 Å². The van der Waals surface area contributed by atoms with Gasteiger partial charge in [-0.3, -0.25) is 9.59 Å². The number of hydrogen-bond donors (Lipinski definition) is 3. The molecule has 0 bridgehead atoms. The minimum Gasteiger partial charge on any atom is -0.381 e. The van der Waals surface area contributed by atoms with Crippen molar-refractivity contribution in [3.63, 3.8) is 0 Å². The molecular weight excluding hydrogens is 270 g/mol. The fourth-order valence-electron chi connectivity index (χ4n) is 3.44. The van der Waals surface area contributed by atoms with Crippen LogP contribution in [0.1, 0.15) is 45.4 Å². The molecule has 2 unspecified atom stereocenters. The van der Waals surface area contributed by atoms with Gasteiger partial charge in [0.25, 0.3) is 0 Å². The first-order valence-electron chi connectivity index (χ1n) is 7.82. The van der Waals surface area contributed by atoms with Crippen LogP contribution in [0.25, 0.3) is 0 Å². The molecule has 5 N–H and O–H groups in total. The Bertz CT molecular complexity index is 403. The molecule has 2 aliphatic rings. The van der Waals surface area contributed by atoms with Gasteiger partial charge in [-0.2, -0.15) is 0 Å². The molecule has 1 saturated heterocycles. The summed E-state index contributed by atoms with van der Waals surface area (Å²) in [5.41, 5.74) is 10.7. The number of carbonyl (C=O) groups is 2. The molecule has 2 atom stereocenters. The summed E-state index contributed by atoms with van der Waals surface area (Å²) in [6.45, 7) is 3.25. The number of hydrogen-bond acceptors (Lipinski definition) is 4. The molecule has 0 radical (unpaired) electrons. The number of amides is 2. The van der Waals surface area contributed by atoms with E-state index in [2.05, 4.69) is 5.32 Å². The Morgan fingerprint density at radius 3 is 2.48 bits per heavy atom. The van der Waals surface area contributed by atoms with Crippen molar-refractivity contribution >= 4 is 11.8 Å². The normalized spacial score (nSPS) is 32.4. The zero-order chi connectivity index (χ0) is 15.5. The number of rotatable bonds is 4. The third-order valence-corrected chi connectivity index (χ3v) is 5.14. The van der Waals surface area contributed by atoms with Gasteiger partial charge in [0, 0.05) is 25.3 Å². The van der Waals surface area contributed by atoms with Crippen LogP contribution >= 0.6 is 0 Å². The first kappa shape index (κ1) is 16.2. The SMILES string of the molecule is CC1(N)CCCCC1C(=O)NCC1(C(N)=O)CCOCC1. The van der Waals surface area contributed by atoms with Crippen molar-refractivity contribution in [3.8, 4) is 0 Å². The minimum absolute atomic E-state index is 0.0492. The van der Waals surface area contributed by atoms with E-state index in [0.29, 0.717) is 26.1 Å². The predicted octanol–water partition coefficient (Wildman–Crippen LogP) is 0.292. The maximum absolute atomic E-state index is 12.4. The van der Waals surface area contributed by atoms with E-state index in [1.165, 1.54) is 0 Å². The molecular formula is C15H27N3O3. The summed E-state index contributed by atoms with van der Waals surface area (Å²) in [4.78, 5) is 24.2. The third-order valence-electron chi connectivity index (χ3n) is 5.14. The molecule has 2 rings (SSSR count). The summed E-state index contributed by atoms with van der Waals surface area (Å²) >= 11 is 0. The lowest BCUT2D eigenvalue weighted by molar-refractivity contribution is -0.135. The van der Waals surface area contributed by atoms with Crippen molar-refractivity contribution in [2.24, 2.45) is 22.8 Å². The molecule has 0 aromatic heterocycles. The summed E-state index contributed by atoms with van der Waals surface area (Å²) in [6.07, 6.45) is 4.89. The van der Waals surface area contributed by atoms with Crippen LogP contribution in [0.2, 0.25) is 0 Å². The molecule has 21 heavy (non-hydrogen) atoms. The number of nitrogens with one attached hydrogen (secondary N) is 1. The molecule has 1 heterocycles. The molecule has 2 amide bonds. The van der Waals surface area contributed by atoms with Gasteiger partial charge in [0.05, 0.1) is 11.3 Å². The van der Waals surface area contributed by atoms with E-state index in [1.54, 1.807) is 0 Å². The Morgan fingerprint density at radius 1 is 1.24 bits per heavy atom.